The predicted molar refractivity (Wildman–Crippen MR) is 142 cm³/mol. The summed E-state index contributed by atoms with van der Waals surface area (Å²) >= 11 is 6.64. The van der Waals surface area contributed by atoms with Crippen LogP contribution in [0.3, 0.4) is 0 Å². The number of ether oxygens (including phenoxy) is 2. The van der Waals surface area contributed by atoms with Crippen LogP contribution in [0.5, 0.6) is 11.5 Å². The first kappa shape index (κ1) is 24.4. The van der Waals surface area contributed by atoms with Crippen LogP contribution < -0.4 is 14.4 Å². The monoisotopic (exact) mass is 505 g/mol. The van der Waals surface area contributed by atoms with Gasteiger partial charge in [0.1, 0.15) is 17.3 Å². The molecule has 7 heteroatoms. The Morgan fingerprint density at radius 2 is 1.83 bits per heavy atom. The van der Waals surface area contributed by atoms with Crippen molar-refractivity contribution in [3.63, 3.8) is 0 Å². The molecule has 5 rings (SSSR count). The van der Waals surface area contributed by atoms with Gasteiger partial charge in [-0.3, -0.25) is 4.79 Å². The van der Waals surface area contributed by atoms with Crippen molar-refractivity contribution in [3.8, 4) is 11.5 Å². The molecule has 2 unspecified atom stereocenters. The minimum atomic E-state index is 0.00831. The minimum absolute atomic E-state index is 0.00831. The predicted octanol–water partition coefficient (Wildman–Crippen LogP) is 5.90. The molecule has 3 heterocycles. The number of carbonyl (C=O) groups excluding carboxylic acids is 1. The molecular formula is C29H32ClN3O3. The molecule has 188 valence electrons. The number of nitrogens with zero attached hydrogens (tertiary/aromatic N) is 3. The van der Waals surface area contributed by atoms with Gasteiger partial charge >= 0.3 is 0 Å². The summed E-state index contributed by atoms with van der Waals surface area (Å²) in [6.45, 7) is 2.38. The van der Waals surface area contributed by atoms with Crippen LogP contribution in [0.25, 0.3) is 0 Å². The number of aromatic nitrogens is 1. The summed E-state index contributed by atoms with van der Waals surface area (Å²) in [5.74, 6) is 2.46. The molecule has 6 nitrogen and oxygen atoms in total. The van der Waals surface area contributed by atoms with Gasteiger partial charge < -0.3 is 19.3 Å². The number of halogens is 1. The van der Waals surface area contributed by atoms with Gasteiger partial charge in [0.15, 0.2) is 0 Å². The molecule has 2 saturated heterocycles. The number of carbonyl (C=O) groups is 1. The van der Waals surface area contributed by atoms with E-state index in [4.69, 9.17) is 21.1 Å². The van der Waals surface area contributed by atoms with E-state index in [0.29, 0.717) is 40.7 Å². The summed E-state index contributed by atoms with van der Waals surface area (Å²) in [6.07, 6.45) is 5.88. The number of fused-ring (bicyclic) bond motifs is 2. The molecule has 2 aromatic carbocycles. The number of anilines is 1. The van der Waals surface area contributed by atoms with Gasteiger partial charge in [0.05, 0.1) is 14.2 Å². The van der Waals surface area contributed by atoms with Crippen LogP contribution in [-0.4, -0.2) is 48.1 Å². The molecule has 1 aromatic heterocycles. The van der Waals surface area contributed by atoms with E-state index in [-0.39, 0.29) is 11.9 Å². The largest absolute Gasteiger partial charge is 0.497 e. The van der Waals surface area contributed by atoms with E-state index in [1.54, 1.807) is 14.2 Å². The van der Waals surface area contributed by atoms with Gasteiger partial charge in [0, 0.05) is 47.0 Å². The van der Waals surface area contributed by atoms with Crippen LogP contribution in [0.1, 0.15) is 47.2 Å². The first-order chi connectivity index (χ1) is 17.5. The number of pyridine rings is 1. The van der Waals surface area contributed by atoms with E-state index in [0.717, 1.165) is 42.6 Å². The van der Waals surface area contributed by atoms with Gasteiger partial charge in [-0.25, -0.2) is 4.98 Å². The number of piperidine rings is 1. The normalized spacial score (nSPS) is 20.8. The Bertz CT molecular complexity index is 1220. The van der Waals surface area contributed by atoms with Crippen LogP contribution in [0.4, 0.5) is 5.82 Å². The summed E-state index contributed by atoms with van der Waals surface area (Å²) in [5.41, 5.74) is 2.43. The van der Waals surface area contributed by atoms with Gasteiger partial charge in [-0.05, 0) is 74.6 Å². The molecule has 2 bridgehead atoms. The number of hydrogen-bond acceptors (Lipinski definition) is 5. The molecule has 1 amide bonds. The quantitative estimate of drug-likeness (QED) is 0.400. The summed E-state index contributed by atoms with van der Waals surface area (Å²) in [5, 5.41) is 0.600. The van der Waals surface area contributed by atoms with E-state index in [1.807, 2.05) is 66.6 Å². The second-order valence-electron chi connectivity index (χ2n) is 9.63. The highest BCUT2D eigenvalue weighted by atomic mass is 35.5. The van der Waals surface area contributed by atoms with Crippen molar-refractivity contribution >= 4 is 23.3 Å². The third kappa shape index (κ3) is 4.62. The van der Waals surface area contributed by atoms with Gasteiger partial charge in [0.2, 0.25) is 0 Å². The third-order valence-corrected chi connectivity index (χ3v) is 8.01. The van der Waals surface area contributed by atoms with Crippen LogP contribution in [0.2, 0.25) is 5.02 Å². The van der Waals surface area contributed by atoms with Crippen LogP contribution in [0.15, 0.2) is 60.8 Å². The topological polar surface area (TPSA) is 54.9 Å². The Morgan fingerprint density at radius 3 is 2.47 bits per heavy atom. The Morgan fingerprint density at radius 1 is 1.06 bits per heavy atom. The zero-order chi connectivity index (χ0) is 25.2. The lowest BCUT2D eigenvalue weighted by Crippen LogP contribution is -2.52. The van der Waals surface area contributed by atoms with E-state index < -0.39 is 0 Å². The molecule has 0 aliphatic carbocycles. The molecule has 3 aromatic rings. The first-order valence-electron chi connectivity index (χ1n) is 12.5. The third-order valence-electron chi connectivity index (χ3n) is 7.66. The van der Waals surface area contributed by atoms with Crippen LogP contribution in [0, 0.1) is 6.92 Å². The lowest BCUT2D eigenvalue weighted by Gasteiger charge is -2.44. The van der Waals surface area contributed by atoms with E-state index in [1.165, 1.54) is 0 Å². The standard InChI is InChI=1S/C29H32ClN3O3/c1-19-25(7-6-8-27(19)36-3)29(34)32(18-20-10-13-24(35-2)17-26(20)30)23-15-21-11-12-22(16-23)33(21)28-9-4-5-14-31-28/h4-10,13-14,17,21-23H,11-12,15-16,18H2,1-3H3. The van der Waals surface area contributed by atoms with Crippen molar-refractivity contribution in [1.82, 2.24) is 9.88 Å². The highest BCUT2D eigenvalue weighted by Crippen LogP contribution is 2.41. The maximum atomic E-state index is 14.1. The van der Waals surface area contributed by atoms with Crippen molar-refractivity contribution in [2.45, 2.75) is 57.3 Å². The second kappa shape index (κ2) is 10.4. The highest BCUT2D eigenvalue weighted by Gasteiger charge is 2.44. The summed E-state index contributed by atoms with van der Waals surface area (Å²) in [6, 6.07) is 18.2. The lowest BCUT2D eigenvalue weighted by atomic mass is 9.94. The SMILES string of the molecule is COc1ccc(CN(C(=O)c2cccc(OC)c2C)C2CC3CCC(C2)N3c2ccccn2)c(Cl)c1. The van der Waals surface area contributed by atoms with E-state index in [9.17, 15) is 4.79 Å². The number of rotatable bonds is 7. The Kier molecular flexibility index (Phi) is 7.06. The zero-order valence-electron chi connectivity index (χ0n) is 21.0. The fourth-order valence-electron chi connectivity index (χ4n) is 5.84. The van der Waals surface area contributed by atoms with Crippen molar-refractivity contribution in [2.75, 3.05) is 19.1 Å². The molecule has 2 aliphatic rings. The second-order valence-corrected chi connectivity index (χ2v) is 10.0. The van der Waals surface area contributed by atoms with Crippen LogP contribution >= 0.6 is 11.6 Å². The van der Waals surface area contributed by atoms with Gasteiger partial charge in [0.25, 0.3) is 5.91 Å². The van der Waals surface area contributed by atoms with Gasteiger partial charge in [-0.2, -0.15) is 0 Å². The Labute approximate surface area is 217 Å². The van der Waals surface area contributed by atoms with Gasteiger partial charge in [-0.15, -0.1) is 0 Å². The number of methoxy groups -OCH3 is 2. The fourth-order valence-corrected chi connectivity index (χ4v) is 6.07. The molecule has 0 N–H and O–H groups in total. The molecule has 0 spiro atoms. The van der Waals surface area contributed by atoms with Gasteiger partial charge in [-0.1, -0.05) is 29.8 Å². The molecule has 2 atom stereocenters. The summed E-state index contributed by atoms with van der Waals surface area (Å²) in [7, 11) is 3.26. The average Bonchev–Trinajstić information content (AvgIpc) is 3.17. The Balaban J connectivity index is 1.48. The average molecular weight is 506 g/mol. The molecule has 2 aliphatic heterocycles. The zero-order valence-corrected chi connectivity index (χ0v) is 21.7. The van der Waals surface area contributed by atoms with Crippen molar-refractivity contribution in [3.05, 3.63) is 82.5 Å². The smallest absolute Gasteiger partial charge is 0.254 e. The molecule has 2 fully saturated rings. The van der Waals surface area contributed by atoms with Crippen molar-refractivity contribution in [2.24, 2.45) is 0 Å². The summed E-state index contributed by atoms with van der Waals surface area (Å²) in [4.78, 5) is 23.3. The fraction of sp³-hybridized carbons (Fsp3) is 0.379. The van der Waals surface area contributed by atoms with E-state index in [2.05, 4.69) is 16.0 Å². The lowest BCUT2D eigenvalue weighted by molar-refractivity contribution is 0.0609. The number of benzene rings is 2. The maximum absolute atomic E-state index is 14.1. The molecular weight excluding hydrogens is 474 g/mol. The number of hydrogen-bond donors (Lipinski definition) is 0. The molecule has 0 saturated carbocycles. The molecule has 36 heavy (non-hydrogen) atoms. The molecule has 0 radical (unpaired) electrons. The highest BCUT2D eigenvalue weighted by molar-refractivity contribution is 6.31. The minimum Gasteiger partial charge on any atom is -0.497 e. The van der Waals surface area contributed by atoms with E-state index >= 15 is 0 Å². The van der Waals surface area contributed by atoms with Crippen molar-refractivity contribution in [1.29, 1.82) is 0 Å². The first-order valence-corrected chi connectivity index (χ1v) is 12.8. The van der Waals surface area contributed by atoms with Crippen LogP contribution in [-0.2, 0) is 6.54 Å². The number of amides is 1. The Hall–Kier alpha value is -3.25. The maximum Gasteiger partial charge on any atom is 0.254 e. The van der Waals surface area contributed by atoms with Crippen molar-refractivity contribution < 1.29 is 14.3 Å². The summed E-state index contributed by atoms with van der Waals surface area (Å²) < 4.78 is 10.8.